The van der Waals surface area contributed by atoms with Crippen molar-refractivity contribution in [3.05, 3.63) is 23.1 Å². The van der Waals surface area contributed by atoms with Crippen molar-refractivity contribution in [2.45, 2.75) is 50.7 Å². The van der Waals surface area contributed by atoms with Crippen LogP contribution < -0.4 is 5.32 Å². The van der Waals surface area contributed by atoms with E-state index in [2.05, 4.69) is 16.6 Å². The van der Waals surface area contributed by atoms with E-state index in [1.165, 1.54) is 6.08 Å². The van der Waals surface area contributed by atoms with Crippen LogP contribution in [0.4, 0.5) is 13.2 Å². The van der Waals surface area contributed by atoms with Gasteiger partial charge in [-0.3, -0.25) is 14.4 Å². The molecule has 0 unspecified atom stereocenters. The summed E-state index contributed by atoms with van der Waals surface area (Å²) in [6, 6.07) is -1.71. The van der Waals surface area contributed by atoms with Crippen LogP contribution >= 0.6 is 0 Å². The molecule has 1 fully saturated rings. The minimum Gasteiger partial charge on any atom is -0.456 e. The van der Waals surface area contributed by atoms with Crippen LogP contribution in [0, 0.1) is 0 Å². The third-order valence-electron chi connectivity index (χ3n) is 3.51. The summed E-state index contributed by atoms with van der Waals surface area (Å²) in [7, 11) is 0. The molecule has 0 bridgehead atoms. The maximum absolute atomic E-state index is 12.8. The summed E-state index contributed by atoms with van der Waals surface area (Å²) in [5, 5.41) is 4.92. The van der Waals surface area contributed by atoms with Crippen molar-refractivity contribution >= 4 is 17.8 Å². The van der Waals surface area contributed by atoms with Gasteiger partial charge in [0.15, 0.2) is 18.5 Å². The Balaban J connectivity index is 3.37. The first-order valence-electron chi connectivity index (χ1n) is 8.12. The normalized spacial score (nSPS) is 26.6. The fourth-order valence-corrected chi connectivity index (χ4v) is 2.52. The largest absolute Gasteiger partial charge is 0.471 e. The van der Waals surface area contributed by atoms with E-state index >= 15 is 0 Å². The van der Waals surface area contributed by atoms with Gasteiger partial charge in [-0.1, -0.05) is 11.2 Å². The lowest BCUT2D eigenvalue weighted by Crippen LogP contribution is -2.67. The molecule has 0 saturated carbocycles. The van der Waals surface area contributed by atoms with Crippen LogP contribution in [0.1, 0.15) is 13.8 Å². The van der Waals surface area contributed by atoms with Crippen LogP contribution in [-0.4, -0.2) is 67.8 Å². The Kier molecular flexibility index (Phi) is 8.88. The summed E-state index contributed by atoms with van der Waals surface area (Å²) in [6.07, 6.45) is -9.95. The zero-order valence-electron chi connectivity index (χ0n) is 15.4. The molecule has 0 aromatic heterocycles. The molecule has 1 rings (SSSR count). The Morgan fingerprint density at radius 3 is 2.31 bits per heavy atom. The standard InChI is InChI=1S/C15H19F3N4O7/c1-4-5-26-13-10(21-14(25)15(16,17)18)12(28-8(3)24)11(27-7(2)23)9(29-13)6-20-22-19/h4,9-13H,1,5-6H2,2-3H3,(H,21,25)/t9-,10-,11-,12-,13-/m1/s1. The van der Waals surface area contributed by atoms with Gasteiger partial charge in [0.25, 0.3) is 0 Å². The Labute approximate surface area is 162 Å². The van der Waals surface area contributed by atoms with Crippen LogP contribution in [-0.2, 0) is 33.3 Å². The molecule has 1 heterocycles. The molecule has 11 nitrogen and oxygen atoms in total. The van der Waals surface area contributed by atoms with Gasteiger partial charge in [0.05, 0.1) is 13.2 Å². The quantitative estimate of drug-likeness (QED) is 0.202. The van der Waals surface area contributed by atoms with Gasteiger partial charge in [-0.2, -0.15) is 13.2 Å². The molecule has 5 atom stereocenters. The van der Waals surface area contributed by atoms with Gasteiger partial charge < -0.3 is 24.3 Å². The van der Waals surface area contributed by atoms with Gasteiger partial charge in [0, 0.05) is 18.8 Å². The van der Waals surface area contributed by atoms with Crippen molar-refractivity contribution in [3.8, 4) is 0 Å². The molecule has 1 aliphatic rings. The van der Waals surface area contributed by atoms with Gasteiger partial charge in [-0.15, -0.1) is 6.58 Å². The molecule has 29 heavy (non-hydrogen) atoms. The fourth-order valence-electron chi connectivity index (χ4n) is 2.52. The maximum atomic E-state index is 12.8. The molecule has 1 N–H and O–H groups in total. The number of nitrogens with zero attached hydrogens (tertiary/aromatic N) is 3. The van der Waals surface area contributed by atoms with Crippen LogP contribution in [0.5, 0.6) is 0 Å². The second-order valence-electron chi connectivity index (χ2n) is 5.72. The third kappa shape index (κ3) is 7.25. The van der Waals surface area contributed by atoms with E-state index in [0.717, 1.165) is 13.8 Å². The number of azide groups is 1. The minimum absolute atomic E-state index is 0.206. The van der Waals surface area contributed by atoms with Crippen molar-refractivity contribution in [3.63, 3.8) is 0 Å². The van der Waals surface area contributed by atoms with E-state index in [4.69, 9.17) is 24.5 Å². The summed E-state index contributed by atoms with van der Waals surface area (Å²) in [5.74, 6) is -4.18. The van der Waals surface area contributed by atoms with Gasteiger partial charge in [-0.05, 0) is 5.53 Å². The second-order valence-corrected chi connectivity index (χ2v) is 5.72. The highest BCUT2D eigenvalue weighted by Crippen LogP contribution is 2.29. The predicted octanol–water partition coefficient (Wildman–Crippen LogP) is 1.13. The second kappa shape index (κ2) is 10.6. The molecule has 0 spiro atoms. The Morgan fingerprint density at radius 1 is 1.24 bits per heavy atom. The van der Waals surface area contributed by atoms with Gasteiger partial charge in [0.2, 0.25) is 0 Å². The Hall–Kier alpha value is -2.83. The molecule has 0 aliphatic carbocycles. The number of nitrogens with one attached hydrogen (secondary N) is 1. The fraction of sp³-hybridized carbons (Fsp3) is 0.667. The van der Waals surface area contributed by atoms with Crippen LogP contribution in [0.15, 0.2) is 17.8 Å². The number of alkyl halides is 3. The van der Waals surface area contributed by atoms with Crippen molar-refractivity contribution in [2.75, 3.05) is 13.2 Å². The lowest BCUT2D eigenvalue weighted by Gasteiger charge is -2.44. The highest BCUT2D eigenvalue weighted by atomic mass is 19.4. The molecule has 14 heteroatoms. The number of rotatable bonds is 8. The SMILES string of the molecule is C=CCO[C@@H]1O[C@H](CN=[N+]=[N-])[C@@H](OC(C)=O)[C@H](OC(C)=O)[C@H]1NC(=O)C(F)(F)F. The molecular formula is C15H19F3N4O7. The van der Waals surface area contributed by atoms with E-state index < -0.39 is 61.2 Å². The van der Waals surface area contributed by atoms with Crippen LogP contribution in [0.3, 0.4) is 0 Å². The number of amides is 1. The Bertz CT molecular complexity index is 681. The summed E-state index contributed by atoms with van der Waals surface area (Å²) >= 11 is 0. The number of halogens is 3. The molecule has 0 aromatic carbocycles. The van der Waals surface area contributed by atoms with Crippen molar-refractivity contribution < 1.29 is 46.5 Å². The number of ether oxygens (including phenoxy) is 4. The zero-order chi connectivity index (χ0) is 22.2. The average molecular weight is 424 g/mol. The molecular weight excluding hydrogens is 405 g/mol. The predicted molar refractivity (Wildman–Crippen MR) is 87.9 cm³/mol. The molecule has 1 saturated heterocycles. The number of hydrogen-bond donors (Lipinski definition) is 1. The third-order valence-corrected chi connectivity index (χ3v) is 3.51. The molecule has 162 valence electrons. The van der Waals surface area contributed by atoms with E-state index in [-0.39, 0.29) is 6.61 Å². The first kappa shape index (κ1) is 24.2. The first-order chi connectivity index (χ1) is 13.5. The van der Waals surface area contributed by atoms with Crippen LogP contribution in [0.2, 0.25) is 0 Å². The smallest absolute Gasteiger partial charge is 0.456 e. The topological polar surface area (TPSA) is 149 Å². The summed E-state index contributed by atoms with van der Waals surface area (Å²) in [4.78, 5) is 37.0. The minimum atomic E-state index is -5.26. The number of hydrogen-bond acceptors (Lipinski definition) is 8. The first-order valence-corrected chi connectivity index (χ1v) is 8.12. The van der Waals surface area contributed by atoms with Gasteiger partial charge in [-0.25, -0.2) is 0 Å². The highest BCUT2D eigenvalue weighted by molar-refractivity contribution is 5.82. The van der Waals surface area contributed by atoms with Crippen molar-refractivity contribution in [1.29, 1.82) is 0 Å². The number of carbonyl (C=O) groups excluding carboxylic acids is 3. The van der Waals surface area contributed by atoms with Crippen molar-refractivity contribution in [1.82, 2.24) is 5.32 Å². The molecule has 1 aliphatic heterocycles. The van der Waals surface area contributed by atoms with Gasteiger partial charge in [0.1, 0.15) is 12.1 Å². The monoisotopic (exact) mass is 424 g/mol. The average Bonchev–Trinajstić information content (AvgIpc) is 2.60. The van der Waals surface area contributed by atoms with E-state index in [1.807, 2.05) is 0 Å². The zero-order valence-corrected chi connectivity index (χ0v) is 15.4. The summed E-state index contributed by atoms with van der Waals surface area (Å²) < 4.78 is 59.1. The lowest BCUT2D eigenvalue weighted by atomic mass is 9.95. The number of esters is 2. The van der Waals surface area contributed by atoms with Crippen molar-refractivity contribution in [2.24, 2.45) is 5.11 Å². The van der Waals surface area contributed by atoms with E-state index in [9.17, 15) is 27.6 Å². The Morgan fingerprint density at radius 2 is 1.83 bits per heavy atom. The summed E-state index contributed by atoms with van der Waals surface area (Å²) in [5.41, 5.74) is 8.53. The van der Waals surface area contributed by atoms with E-state index in [0.29, 0.717) is 0 Å². The van der Waals surface area contributed by atoms with E-state index in [1.54, 1.807) is 5.32 Å². The lowest BCUT2D eigenvalue weighted by molar-refractivity contribution is -0.268. The van der Waals surface area contributed by atoms with Crippen LogP contribution in [0.25, 0.3) is 10.4 Å². The highest BCUT2D eigenvalue weighted by Gasteiger charge is 2.53. The molecule has 0 aromatic rings. The molecule has 1 amide bonds. The number of carbonyl (C=O) groups is 3. The van der Waals surface area contributed by atoms with Gasteiger partial charge >= 0.3 is 24.0 Å². The molecule has 0 radical (unpaired) electrons. The maximum Gasteiger partial charge on any atom is 0.471 e. The summed E-state index contributed by atoms with van der Waals surface area (Å²) in [6.45, 7) is 4.72.